The van der Waals surface area contributed by atoms with Crippen LogP contribution in [0.1, 0.15) is 45.3 Å². The number of hydrogen-bond donors (Lipinski definition) is 1. The van der Waals surface area contributed by atoms with E-state index in [9.17, 15) is 5.11 Å². The molecule has 0 saturated carbocycles. The van der Waals surface area contributed by atoms with E-state index in [-0.39, 0.29) is 0 Å². The number of hydrogen-bond acceptors (Lipinski definition) is 2. The van der Waals surface area contributed by atoms with Crippen LogP contribution in [0.15, 0.2) is 22.7 Å². The van der Waals surface area contributed by atoms with Gasteiger partial charge in [-0.25, -0.2) is 0 Å². The van der Waals surface area contributed by atoms with Crippen molar-refractivity contribution in [2.75, 3.05) is 11.4 Å². The molecule has 0 aromatic heterocycles. The lowest BCUT2D eigenvalue weighted by Gasteiger charge is -2.32. The van der Waals surface area contributed by atoms with Gasteiger partial charge in [0.15, 0.2) is 0 Å². The van der Waals surface area contributed by atoms with Crippen molar-refractivity contribution in [1.82, 2.24) is 0 Å². The Morgan fingerprint density at radius 1 is 1.33 bits per heavy atom. The number of rotatable bonds is 3. The number of benzene rings is 1. The van der Waals surface area contributed by atoms with Crippen LogP contribution in [0, 0.1) is 5.92 Å². The molecule has 2 rings (SSSR count). The van der Waals surface area contributed by atoms with Crippen LogP contribution < -0.4 is 4.90 Å². The predicted molar refractivity (Wildman–Crippen MR) is 80.0 cm³/mol. The van der Waals surface area contributed by atoms with E-state index < -0.39 is 6.10 Å². The predicted octanol–water partition coefficient (Wildman–Crippen LogP) is 4.13. The van der Waals surface area contributed by atoms with Gasteiger partial charge in [0.05, 0.1) is 6.10 Å². The third-order valence-electron chi connectivity index (χ3n) is 3.82. The fraction of sp³-hybridized carbons (Fsp3) is 0.600. The molecule has 3 heteroatoms. The van der Waals surface area contributed by atoms with Crippen molar-refractivity contribution < 1.29 is 5.11 Å². The van der Waals surface area contributed by atoms with Crippen molar-refractivity contribution in [2.24, 2.45) is 5.92 Å². The molecule has 1 aliphatic heterocycles. The second kappa shape index (κ2) is 5.62. The summed E-state index contributed by atoms with van der Waals surface area (Å²) in [7, 11) is 0. The Balaban J connectivity index is 2.39. The van der Waals surface area contributed by atoms with Gasteiger partial charge >= 0.3 is 0 Å². The van der Waals surface area contributed by atoms with Crippen LogP contribution in [0.5, 0.6) is 0 Å². The molecule has 2 atom stereocenters. The molecule has 2 unspecified atom stereocenters. The van der Waals surface area contributed by atoms with E-state index in [4.69, 9.17) is 0 Å². The van der Waals surface area contributed by atoms with Gasteiger partial charge in [0.2, 0.25) is 0 Å². The first-order valence-corrected chi connectivity index (χ1v) is 7.54. The first-order chi connectivity index (χ1) is 8.50. The van der Waals surface area contributed by atoms with Crippen molar-refractivity contribution in [3.8, 4) is 0 Å². The van der Waals surface area contributed by atoms with Crippen LogP contribution in [0.25, 0.3) is 0 Å². The standard InChI is InChI=1S/C15H22BrNO/c1-10(2)14-5-4-8-17(14)15-9-12(16)6-7-13(15)11(3)18/h6-7,9-11,14,18H,4-5,8H2,1-3H3. The van der Waals surface area contributed by atoms with Gasteiger partial charge in [-0.1, -0.05) is 35.8 Å². The number of halogens is 1. The van der Waals surface area contributed by atoms with Gasteiger partial charge in [0.1, 0.15) is 0 Å². The van der Waals surface area contributed by atoms with E-state index >= 15 is 0 Å². The van der Waals surface area contributed by atoms with Crippen LogP contribution in [0.3, 0.4) is 0 Å². The largest absolute Gasteiger partial charge is 0.389 e. The summed E-state index contributed by atoms with van der Waals surface area (Å²) in [6.45, 7) is 7.50. The zero-order chi connectivity index (χ0) is 13.3. The summed E-state index contributed by atoms with van der Waals surface area (Å²) < 4.78 is 1.08. The monoisotopic (exact) mass is 311 g/mol. The first kappa shape index (κ1) is 13.9. The third kappa shape index (κ3) is 2.72. The summed E-state index contributed by atoms with van der Waals surface area (Å²) >= 11 is 3.54. The molecule has 0 aliphatic carbocycles. The number of aliphatic hydroxyl groups is 1. The van der Waals surface area contributed by atoms with E-state index in [1.165, 1.54) is 18.5 Å². The van der Waals surface area contributed by atoms with Crippen molar-refractivity contribution in [3.05, 3.63) is 28.2 Å². The Bertz CT molecular complexity index is 417. The van der Waals surface area contributed by atoms with Crippen LogP contribution in [-0.2, 0) is 0 Å². The maximum atomic E-state index is 9.94. The summed E-state index contributed by atoms with van der Waals surface area (Å²) in [5.74, 6) is 0.647. The minimum atomic E-state index is -0.415. The molecular formula is C15H22BrNO. The summed E-state index contributed by atoms with van der Waals surface area (Å²) in [5.41, 5.74) is 2.22. The van der Waals surface area contributed by atoms with E-state index in [2.05, 4.69) is 40.7 Å². The lowest BCUT2D eigenvalue weighted by molar-refractivity contribution is 0.199. The molecular weight excluding hydrogens is 290 g/mol. The SMILES string of the molecule is CC(O)c1ccc(Br)cc1N1CCCC1C(C)C. The van der Waals surface area contributed by atoms with Crippen molar-refractivity contribution in [2.45, 2.75) is 45.8 Å². The van der Waals surface area contributed by atoms with E-state index in [0.29, 0.717) is 12.0 Å². The highest BCUT2D eigenvalue weighted by molar-refractivity contribution is 9.10. The molecule has 1 heterocycles. The summed E-state index contributed by atoms with van der Waals surface area (Å²) in [5, 5.41) is 9.94. The molecule has 1 N–H and O–H groups in total. The van der Waals surface area contributed by atoms with Crippen molar-refractivity contribution in [3.63, 3.8) is 0 Å². The van der Waals surface area contributed by atoms with Gasteiger partial charge in [-0.2, -0.15) is 0 Å². The first-order valence-electron chi connectivity index (χ1n) is 6.75. The lowest BCUT2D eigenvalue weighted by atomic mass is 10.00. The summed E-state index contributed by atoms with van der Waals surface area (Å²) in [4.78, 5) is 2.47. The average molecular weight is 312 g/mol. The molecule has 0 bridgehead atoms. The maximum Gasteiger partial charge on any atom is 0.0782 e. The zero-order valence-corrected chi connectivity index (χ0v) is 12.9. The molecule has 1 saturated heterocycles. The smallest absolute Gasteiger partial charge is 0.0782 e. The fourth-order valence-electron chi connectivity index (χ4n) is 2.90. The Morgan fingerprint density at radius 3 is 2.67 bits per heavy atom. The molecule has 1 aliphatic rings. The van der Waals surface area contributed by atoms with Gasteiger partial charge in [-0.15, -0.1) is 0 Å². The van der Waals surface area contributed by atoms with Gasteiger partial charge < -0.3 is 10.0 Å². The highest BCUT2D eigenvalue weighted by Gasteiger charge is 2.29. The second-order valence-corrected chi connectivity index (χ2v) is 6.44. The zero-order valence-electron chi connectivity index (χ0n) is 11.4. The van der Waals surface area contributed by atoms with Crippen molar-refractivity contribution >= 4 is 21.6 Å². The Morgan fingerprint density at radius 2 is 2.06 bits per heavy atom. The molecule has 0 spiro atoms. The Kier molecular flexibility index (Phi) is 4.33. The number of nitrogens with zero attached hydrogens (tertiary/aromatic N) is 1. The summed E-state index contributed by atoms with van der Waals surface area (Å²) in [6.07, 6.45) is 2.08. The second-order valence-electron chi connectivity index (χ2n) is 5.53. The molecule has 100 valence electrons. The highest BCUT2D eigenvalue weighted by atomic mass is 79.9. The van der Waals surface area contributed by atoms with E-state index in [1.807, 2.05) is 19.1 Å². The quantitative estimate of drug-likeness (QED) is 0.907. The fourth-order valence-corrected chi connectivity index (χ4v) is 3.25. The Labute approximate surface area is 118 Å². The normalized spacial score (nSPS) is 21.7. The van der Waals surface area contributed by atoms with Gasteiger partial charge in [0.25, 0.3) is 0 Å². The highest BCUT2D eigenvalue weighted by Crippen LogP contribution is 2.36. The van der Waals surface area contributed by atoms with E-state index in [0.717, 1.165) is 16.6 Å². The third-order valence-corrected chi connectivity index (χ3v) is 4.31. The summed E-state index contributed by atoms with van der Waals surface area (Å²) in [6, 6.07) is 6.77. The molecule has 18 heavy (non-hydrogen) atoms. The lowest BCUT2D eigenvalue weighted by Crippen LogP contribution is -2.34. The minimum Gasteiger partial charge on any atom is -0.389 e. The van der Waals surface area contributed by atoms with Gasteiger partial charge in [-0.05, 0) is 37.8 Å². The van der Waals surface area contributed by atoms with Crippen LogP contribution in [-0.4, -0.2) is 17.7 Å². The van der Waals surface area contributed by atoms with Crippen LogP contribution >= 0.6 is 15.9 Å². The molecule has 2 nitrogen and oxygen atoms in total. The Hall–Kier alpha value is -0.540. The van der Waals surface area contributed by atoms with E-state index in [1.54, 1.807) is 0 Å². The maximum absolute atomic E-state index is 9.94. The van der Waals surface area contributed by atoms with Crippen LogP contribution in [0.2, 0.25) is 0 Å². The van der Waals surface area contributed by atoms with Crippen molar-refractivity contribution in [1.29, 1.82) is 0 Å². The molecule has 0 radical (unpaired) electrons. The number of aliphatic hydroxyl groups excluding tert-OH is 1. The molecule has 1 aromatic carbocycles. The molecule has 1 fully saturated rings. The van der Waals surface area contributed by atoms with Gasteiger partial charge in [-0.3, -0.25) is 0 Å². The van der Waals surface area contributed by atoms with Gasteiger partial charge in [0, 0.05) is 28.3 Å². The number of anilines is 1. The topological polar surface area (TPSA) is 23.5 Å². The van der Waals surface area contributed by atoms with Crippen LogP contribution in [0.4, 0.5) is 5.69 Å². The molecule has 1 aromatic rings. The molecule has 0 amide bonds. The minimum absolute atomic E-state index is 0.415. The average Bonchev–Trinajstić information content (AvgIpc) is 2.77.